The lowest BCUT2D eigenvalue weighted by Crippen LogP contribution is -2.46. The zero-order valence-corrected chi connectivity index (χ0v) is 25.5. The molecular formula is C35H34N2O9. The Hall–Kier alpha value is -5.16. The van der Waals surface area contributed by atoms with Gasteiger partial charge in [0.2, 0.25) is 11.2 Å². The molecule has 1 saturated heterocycles. The molecule has 0 radical (unpaired) electrons. The van der Waals surface area contributed by atoms with Gasteiger partial charge in [0.15, 0.2) is 5.76 Å². The van der Waals surface area contributed by atoms with Crippen molar-refractivity contribution in [2.45, 2.75) is 37.8 Å². The van der Waals surface area contributed by atoms with Crippen molar-refractivity contribution in [3.8, 4) is 17.2 Å². The molecule has 6 rings (SSSR count). The van der Waals surface area contributed by atoms with Gasteiger partial charge in [-0.05, 0) is 60.4 Å². The highest BCUT2D eigenvalue weighted by Crippen LogP contribution is 2.37. The summed E-state index contributed by atoms with van der Waals surface area (Å²) in [5.74, 6) is -0.941. The van der Waals surface area contributed by atoms with Gasteiger partial charge in [-0.3, -0.25) is 19.3 Å². The molecule has 2 bridgehead atoms. The lowest BCUT2D eigenvalue weighted by atomic mass is 9.83. The van der Waals surface area contributed by atoms with E-state index >= 15 is 0 Å². The average Bonchev–Trinajstić information content (AvgIpc) is 3.06. The van der Waals surface area contributed by atoms with Crippen molar-refractivity contribution in [1.82, 2.24) is 9.47 Å². The normalized spacial score (nSPS) is 17.9. The SMILES string of the molecule is COC(=O)CC(c1ccc(OC(=O)c2ccc(OC)cc2)cc1)c1oc(CN2CC3CC(C2)c2cccc(=O)n2C3)cc(=O)c1O. The summed E-state index contributed by atoms with van der Waals surface area (Å²) in [4.78, 5) is 52.7. The summed E-state index contributed by atoms with van der Waals surface area (Å²) in [6.07, 6.45) is 0.776. The van der Waals surface area contributed by atoms with Crippen LogP contribution >= 0.6 is 0 Å². The highest BCUT2D eigenvalue weighted by Gasteiger charge is 2.35. The van der Waals surface area contributed by atoms with Crippen molar-refractivity contribution >= 4 is 11.9 Å². The molecular weight excluding hydrogens is 592 g/mol. The van der Waals surface area contributed by atoms with Gasteiger partial charge in [-0.25, -0.2) is 4.79 Å². The van der Waals surface area contributed by atoms with Crippen molar-refractivity contribution in [2.75, 3.05) is 27.3 Å². The lowest BCUT2D eigenvalue weighted by Gasteiger charge is -2.42. The van der Waals surface area contributed by atoms with Gasteiger partial charge in [0.05, 0.1) is 38.7 Å². The minimum atomic E-state index is -0.856. The second-order valence-electron chi connectivity index (χ2n) is 11.7. The Balaban J connectivity index is 1.23. The molecule has 3 unspecified atom stereocenters. The van der Waals surface area contributed by atoms with Crippen LogP contribution in [0.2, 0.25) is 0 Å². The topological polar surface area (TPSA) is 138 Å². The Morgan fingerprint density at radius 1 is 0.957 bits per heavy atom. The fraction of sp³-hybridized carbons (Fsp3) is 0.314. The van der Waals surface area contributed by atoms with Crippen LogP contribution < -0.4 is 20.5 Å². The second kappa shape index (κ2) is 13.1. The number of likely N-dealkylation sites (tertiary alicyclic amines) is 1. The van der Waals surface area contributed by atoms with E-state index in [1.54, 1.807) is 60.7 Å². The predicted molar refractivity (Wildman–Crippen MR) is 166 cm³/mol. The molecule has 0 saturated carbocycles. The van der Waals surface area contributed by atoms with E-state index in [1.165, 1.54) is 20.3 Å². The first-order chi connectivity index (χ1) is 22.2. The number of rotatable bonds is 9. The van der Waals surface area contributed by atoms with Crippen molar-refractivity contribution in [3.63, 3.8) is 0 Å². The van der Waals surface area contributed by atoms with Crippen LogP contribution in [-0.2, 0) is 22.6 Å². The number of hydrogen-bond acceptors (Lipinski definition) is 10. The Bertz CT molecular complexity index is 1860. The molecule has 1 N–H and O–H groups in total. The van der Waals surface area contributed by atoms with Crippen molar-refractivity contribution in [2.24, 2.45) is 5.92 Å². The number of methoxy groups -OCH3 is 2. The molecule has 2 aromatic heterocycles. The van der Waals surface area contributed by atoms with E-state index in [1.807, 2.05) is 10.6 Å². The third-order valence-corrected chi connectivity index (χ3v) is 8.67. The van der Waals surface area contributed by atoms with Gasteiger partial charge in [-0.1, -0.05) is 18.2 Å². The van der Waals surface area contributed by atoms with Crippen LogP contribution in [0.1, 0.15) is 57.8 Å². The number of nitrogens with zero attached hydrogens (tertiary/aromatic N) is 2. The van der Waals surface area contributed by atoms with Crippen LogP contribution in [0.4, 0.5) is 0 Å². The maximum Gasteiger partial charge on any atom is 0.343 e. The number of aromatic hydroxyl groups is 1. The standard InChI is InChI=1S/C35H34N2O9/c1-43-25-10-8-23(9-11-25)35(42)46-26-12-6-22(7-13-26)28(16-32(40)44-2)34-33(41)30(38)15-27(45-34)20-36-17-21-14-24(19-36)29-4-3-5-31(39)37(29)18-21/h3-13,15,21,24,28,41H,14,16-20H2,1-2H3. The first-order valence-electron chi connectivity index (χ1n) is 15.0. The Labute approximate surface area is 264 Å². The van der Waals surface area contributed by atoms with Crippen molar-refractivity contribution < 1.29 is 33.3 Å². The monoisotopic (exact) mass is 626 g/mol. The van der Waals surface area contributed by atoms with Gasteiger partial charge in [0, 0.05) is 43.4 Å². The molecule has 2 aliphatic rings. The number of benzene rings is 2. The molecule has 4 heterocycles. The number of aromatic nitrogens is 1. The minimum absolute atomic E-state index is 0.00917. The molecule has 0 amide bonds. The molecule has 1 fully saturated rings. The minimum Gasteiger partial charge on any atom is -0.502 e. The zero-order valence-electron chi connectivity index (χ0n) is 25.5. The number of piperidine rings is 1. The molecule has 2 aromatic carbocycles. The smallest absolute Gasteiger partial charge is 0.343 e. The van der Waals surface area contributed by atoms with E-state index in [0.29, 0.717) is 42.3 Å². The summed E-state index contributed by atoms with van der Waals surface area (Å²) in [6.45, 7) is 2.36. The van der Waals surface area contributed by atoms with Gasteiger partial charge in [0.1, 0.15) is 17.3 Å². The average molecular weight is 627 g/mol. The van der Waals surface area contributed by atoms with Crippen molar-refractivity contribution in [1.29, 1.82) is 0 Å². The van der Waals surface area contributed by atoms with Gasteiger partial charge in [-0.2, -0.15) is 0 Å². The Morgan fingerprint density at radius 3 is 2.41 bits per heavy atom. The van der Waals surface area contributed by atoms with Gasteiger partial charge >= 0.3 is 11.9 Å². The highest BCUT2D eigenvalue weighted by atomic mass is 16.5. The van der Waals surface area contributed by atoms with Crippen LogP contribution in [0, 0.1) is 5.92 Å². The fourth-order valence-electron chi connectivity index (χ4n) is 6.49. The number of pyridine rings is 1. The number of hydrogen-bond donors (Lipinski definition) is 1. The number of fused-ring (bicyclic) bond motifs is 4. The first-order valence-corrected chi connectivity index (χ1v) is 15.0. The number of ether oxygens (including phenoxy) is 3. The highest BCUT2D eigenvalue weighted by molar-refractivity contribution is 5.91. The van der Waals surface area contributed by atoms with Crippen LogP contribution in [-0.4, -0.2) is 53.8 Å². The fourth-order valence-corrected chi connectivity index (χ4v) is 6.49. The maximum atomic E-state index is 13.0. The first kappa shape index (κ1) is 30.8. The molecule has 3 atom stereocenters. The number of carbonyl (C=O) groups excluding carboxylic acids is 2. The lowest BCUT2D eigenvalue weighted by molar-refractivity contribution is -0.140. The summed E-state index contributed by atoms with van der Waals surface area (Å²) >= 11 is 0. The third-order valence-electron chi connectivity index (χ3n) is 8.67. The van der Waals surface area contributed by atoms with Gasteiger partial charge < -0.3 is 28.3 Å². The van der Waals surface area contributed by atoms with Crippen LogP contribution in [0.15, 0.2) is 86.8 Å². The quantitative estimate of drug-likeness (QED) is 0.214. The second-order valence-corrected chi connectivity index (χ2v) is 11.7. The summed E-state index contributed by atoms with van der Waals surface area (Å²) < 4.78 is 23.6. The molecule has 0 spiro atoms. The molecule has 46 heavy (non-hydrogen) atoms. The zero-order chi connectivity index (χ0) is 32.4. The predicted octanol–water partition coefficient (Wildman–Crippen LogP) is 4.05. The molecule has 2 aliphatic heterocycles. The summed E-state index contributed by atoms with van der Waals surface area (Å²) in [5, 5.41) is 10.9. The van der Waals surface area contributed by atoms with Crippen LogP contribution in [0.3, 0.4) is 0 Å². The van der Waals surface area contributed by atoms with E-state index in [0.717, 1.165) is 18.7 Å². The molecule has 0 aliphatic carbocycles. The number of carbonyl (C=O) groups is 2. The van der Waals surface area contributed by atoms with E-state index in [-0.39, 0.29) is 35.3 Å². The molecule has 238 valence electrons. The Morgan fingerprint density at radius 2 is 1.70 bits per heavy atom. The molecule has 11 heteroatoms. The largest absolute Gasteiger partial charge is 0.502 e. The summed E-state index contributed by atoms with van der Waals surface area (Å²) in [6, 6.07) is 19.6. The van der Waals surface area contributed by atoms with Crippen LogP contribution in [0.5, 0.6) is 17.2 Å². The maximum absolute atomic E-state index is 13.0. The summed E-state index contributed by atoms with van der Waals surface area (Å²) in [7, 11) is 2.79. The summed E-state index contributed by atoms with van der Waals surface area (Å²) in [5.41, 5.74) is 1.28. The molecule has 11 nitrogen and oxygen atoms in total. The Kier molecular flexibility index (Phi) is 8.76. The van der Waals surface area contributed by atoms with Gasteiger partial charge in [-0.15, -0.1) is 0 Å². The van der Waals surface area contributed by atoms with E-state index in [9.17, 15) is 24.3 Å². The van der Waals surface area contributed by atoms with E-state index in [2.05, 4.69) is 4.90 Å². The number of esters is 2. The third kappa shape index (κ3) is 6.45. The molecule has 4 aromatic rings. The van der Waals surface area contributed by atoms with Crippen LogP contribution in [0.25, 0.3) is 0 Å². The van der Waals surface area contributed by atoms with E-state index in [4.69, 9.17) is 18.6 Å². The van der Waals surface area contributed by atoms with Gasteiger partial charge in [0.25, 0.3) is 5.56 Å². The van der Waals surface area contributed by atoms with E-state index < -0.39 is 29.0 Å². The van der Waals surface area contributed by atoms with Crippen molar-refractivity contribution in [3.05, 3.63) is 122 Å².